The van der Waals surface area contributed by atoms with Gasteiger partial charge in [0.05, 0.1) is 54.3 Å². The Bertz CT molecular complexity index is 2410. The fraction of sp³-hybridized carbons (Fsp3) is 0.763. The number of carbonyl (C=O) groups excluding carboxylic acids is 3. The number of allylic oxidation sites excluding steroid dienone is 3. The molecule has 0 unspecified atom stereocenters. The number of hydrogen-bond donors (Lipinski definition) is 9. The molecule has 8 aliphatic carbocycles. The lowest BCUT2D eigenvalue weighted by atomic mass is 9.40. The monoisotopic (exact) mass is 1010 g/mol. The molecule has 73 heavy (non-hydrogen) atoms. The Hall–Kier alpha value is -4.00. The summed E-state index contributed by atoms with van der Waals surface area (Å²) in [6.07, 6.45) is 14.6. The second-order valence-corrected chi connectivity index (χ2v) is 25.5. The van der Waals surface area contributed by atoms with Gasteiger partial charge in [-0.3, -0.25) is 19.4 Å². The molecule has 1 aliphatic heterocycles. The van der Waals surface area contributed by atoms with Gasteiger partial charge in [-0.05, 0) is 174 Å². The molecule has 1 aromatic rings. The summed E-state index contributed by atoms with van der Waals surface area (Å²) in [5.41, 5.74) is 9.66. The van der Waals surface area contributed by atoms with Crippen molar-refractivity contribution in [3.8, 4) is 11.8 Å². The van der Waals surface area contributed by atoms with Crippen LogP contribution in [0.15, 0.2) is 46.4 Å². The van der Waals surface area contributed by atoms with Gasteiger partial charge >= 0.3 is 5.97 Å². The number of fused-ring (bicyclic) bond motifs is 10. The van der Waals surface area contributed by atoms with Crippen molar-refractivity contribution >= 4 is 23.5 Å². The van der Waals surface area contributed by atoms with E-state index in [9.17, 15) is 35.1 Å². The van der Waals surface area contributed by atoms with Crippen molar-refractivity contribution in [2.24, 2.45) is 98.3 Å². The van der Waals surface area contributed by atoms with Crippen molar-refractivity contribution in [3.05, 3.63) is 46.9 Å². The Kier molecular flexibility index (Phi) is 14.5. The van der Waals surface area contributed by atoms with E-state index in [1.807, 2.05) is 18.5 Å². The average molecular weight is 1010 g/mol. The molecule has 1 saturated heterocycles. The molecule has 14 nitrogen and oxygen atoms in total. The molecule has 400 valence electrons. The largest absolute Gasteiger partial charge is 0.465 e. The van der Waals surface area contributed by atoms with Crippen LogP contribution in [0, 0.1) is 93.7 Å². The Morgan fingerprint density at radius 1 is 0.959 bits per heavy atom. The van der Waals surface area contributed by atoms with Gasteiger partial charge in [-0.2, -0.15) is 0 Å². The summed E-state index contributed by atoms with van der Waals surface area (Å²) in [6.45, 7) is 8.00. The maximum Gasteiger partial charge on any atom is 0.313 e. The third-order valence-electron chi connectivity index (χ3n) is 21.7. The van der Waals surface area contributed by atoms with Crippen LogP contribution in [0.25, 0.3) is 0 Å². The summed E-state index contributed by atoms with van der Waals surface area (Å²) in [5.74, 6) is 4.83. The zero-order valence-corrected chi connectivity index (χ0v) is 43.9. The fourth-order valence-electron chi connectivity index (χ4n) is 18.6. The summed E-state index contributed by atoms with van der Waals surface area (Å²) in [6, 6.07) is 1.96. The first-order chi connectivity index (χ1) is 34.8. The summed E-state index contributed by atoms with van der Waals surface area (Å²) in [7, 11) is 0. The Morgan fingerprint density at radius 3 is 2.47 bits per heavy atom. The highest BCUT2D eigenvalue weighted by Crippen LogP contribution is 2.74. The third kappa shape index (κ3) is 8.84. The second kappa shape index (κ2) is 20.2. The highest BCUT2D eigenvalue weighted by molar-refractivity contribution is 6.00. The van der Waals surface area contributed by atoms with E-state index in [-0.39, 0.29) is 117 Å². The number of aromatic nitrogens is 1. The number of aliphatic imine (C=N–C) groups is 1. The zero-order chi connectivity index (χ0) is 51.8. The first-order valence-corrected chi connectivity index (χ1v) is 28.3. The van der Waals surface area contributed by atoms with E-state index in [1.54, 1.807) is 6.92 Å². The lowest BCUT2D eigenvalue weighted by molar-refractivity contribution is -0.198. The quantitative estimate of drug-likeness (QED) is 0.0457. The van der Waals surface area contributed by atoms with Gasteiger partial charge in [0.2, 0.25) is 0 Å². The Morgan fingerprint density at radius 2 is 1.74 bits per heavy atom. The van der Waals surface area contributed by atoms with Crippen LogP contribution in [0.4, 0.5) is 0 Å². The zero-order valence-electron chi connectivity index (χ0n) is 43.9. The van der Waals surface area contributed by atoms with Crippen molar-refractivity contribution in [3.63, 3.8) is 0 Å². The lowest BCUT2D eigenvalue weighted by Gasteiger charge is -2.65. The molecule has 9 aliphatic rings. The van der Waals surface area contributed by atoms with E-state index in [0.29, 0.717) is 36.7 Å². The number of H-pyrrole nitrogens is 1. The number of aliphatic hydroxyl groups excluding tert-OH is 3. The standard InChI is InChI=1S/C59H85N5O9/c1-32-13-14-35-15-16-40-33(2)24-48(68)56(4,71)53-37(10-8-9-36(25-42(40)41(35)23-32)43-31-73-54(70)49(43)38-18-21-62-30-38)27-59(72)50-44(17-19-57(53,59)20-22-63-55(60)61)58(39-11-6-5-7-12-39)28-47(67)46(66)26-45(58)52(69)51(50)64-29-34(3)65/h15,18,21,30,32-33,36-37,39-49,53,62,64,66-68,71-72H,5-7,10-14,16-17,19-20,22-29,31H2,1-4H3,(H4,60,61,63)/t32-,33+,36-,37-,40-,41+,42+,43-,44-,45-,46+,47-,48+,49-,53+,56-,57-,58-,59+/m0/s1. The van der Waals surface area contributed by atoms with Crippen LogP contribution in [-0.4, -0.2) is 103 Å². The molecule has 0 amide bonds. The van der Waals surface area contributed by atoms with Crippen LogP contribution in [0.2, 0.25) is 0 Å². The molecule has 5 saturated carbocycles. The van der Waals surface area contributed by atoms with Crippen LogP contribution >= 0.6 is 0 Å². The minimum absolute atomic E-state index is 0.0220. The number of esters is 1. The number of carbonyl (C=O) groups is 3. The van der Waals surface area contributed by atoms with Crippen molar-refractivity contribution in [1.29, 1.82) is 0 Å². The first-order valence-electron chi connectivity index (χ1n) is 28.3. The predicted molar refractivity (Wildman–Crippen MR) is 277 cm³/mol. The number of nitrogens with two attached hydrogens (primary N) is 2. The van der Waals surface area contributed by atoms with Gasteiger partial charge in [-0.25, -0.2) is 0 Å². The molecule has 1 aromatic heterocycles. The number of guanidine groups is 1. The van der Waals surface area contributed by atoms with Gasteiger partial charge in [-0.15, -0.1) is 5.92 Å². The summed E-state index contributed by atoms with van der Waals surface area (Å²) in [5, 5.41) is 67.6. The van der Waals surface area contributed by atoms with E-state index in [2.05, 4.69) is 47.1 Å². The number of rotatable bonds is 9. The first kappa shape index (κ1) is 52.4. The van der Waals surface area contributed by atoms with E-state index in [0.717, 1.165) is 69.8 Å². The number of ether oxygens (including phenoxy) is 1. The number of nitrogens with zero attached hydrogens (tertiary/aromatic N) is 1. The van der Waals surface area contributed by atoms with Crippen LogP contribution in [-0.2, 0) is 19.1 Å². The van der Waals surface area contributed by atoms with E-state index in [4.69, 9.17) is 16.2 Å². The Balaban J connectivity index is 1.15. The number of hydrogen-bond acceptors (Lipinski definition) is 11. The third-order valence-corrected chi connectivity index (χ3v) is 21.7. The van der Waals surface area contributed by atoms with Gasteiger partial charge < -0.3 is 52.0 Å². The van der Waals surface area contributed by atoms with Crippen molar-refractivity contribution in [2.45, 2.75) is 179 Å². The van der Waals surface area contributed by atoms with Crippen LogP contribution in [0.3, 0.4) is 0 Å². The Labute approximate surface area is 432 Å². The predicted octanol–water partition coefficient (Wildman–Crippen LogP) is 5.96. The fourth-order valence-corrected chi connectivity index (χ4v) is 18.6. The number of aromatic amines is 1. The number of Topliss-reactive ketones (excluding diaryl/α,β-unsaturated/α-hetero) is 2. The number of ketones is 2. The second-order valence-electron chi connectivity index (χ2n) is 25.5. The molecule has 10 rings (SSSR count). The molecule has 0 aromatic carbocycles. The number of nitrogens with one attached hydrogen (secondary N) is 2. The molecular formula is C59H85N5O9. The van der Waals surface area contributed by atoms with Gasteiger partial charge in [0.1, 0.15) is 5.78 Å². The number of cyclic esters (lactones) is 1. The van der Waals surface area contributed by atoms with E-state index in [1.165, 1.54) is 12.5 Å². The average Bonchev–Trinajstić information content (AvgIpc) is 4.08. The van der Waals surface area contributed by atoms with Crippen molar-refractivity contribution in [1.82, 2.24) is 10.3 Å². The van der Waals surface area contributed by atoms with Crippen LogP contribution < -0.4 is 16.8 Å². The SMILES string of the molecule is CC(=O)CNC1=C2[C@H](CC[C@]3(CCN=C(N)N)[C@@H]4[C@@H](CC#C[C@H]([C@@H]5COC(=O)[C@H]5c5cc[nH]c5)C[C@@H]5[C@@H](CC=C6CC[C@H](C)C[C@H]65)[C@H](C)C[C@@H](O)[C@]4(C)O)C[C@@]23O)[C@@]2(C3CCCCC3)C[C@H](O)[C@H](O)C[C@H]2C1=O. The van der Waals surface area contributed by atoms with E-state index >= 15 is 4.79 Å². The number of aliphatic hydroxyl groups is 5. The van der Waals surface area contributed by atoms with Crippen LogP contribution in [0.1, 0.15) is 155 Å². The highest BCUT2D eigenvalue weighted by Gasteiger charge is 2.75. The summed E-state index contributed by atoms with van der Waals surface area (Å²) >= 11 is 0. The molecule has 0 spiro atoms. The summed E-state index contributed by atoms with van der Waals surface area (Å²) < 4.78 is 5.94. The molecule has 19 atom stereocenters. The molecular weight excluding hydrogens is 923 g/mol. The van der Waals surface area contributed by atoms with E-state index < -0.39 is 69.9 Å². The molecule has 11 N–H and O–H groups in total. The smallest absolute Gasteiger partial charge is 0.313 e. The van der Waals surface area contributed by atoms with Crippen molar-refractivity contribution in [2.75, 3.05) is 19.7 Å². The topological polar surface area (TPSA) is 254 Å². The maximum atomic E-state index is 15.7. The highest BCUT2D eigenvalue weighted by atomic mass is 16.5. The minimum Gasteiger partial charge on any atom is -0.465 e. The molecule has 6 fully saturated rings. The molecule has 14 heteroatoms. The molecule has 0 radical (unpaired) electrons. The molecule has 0 bridgehead atoms. The normalized spacial score (nSPS) is 44.9. The van der Waals surface area contributed by atoms with Crippen LogP contribution in [0.5, 0.6) is 0 Å². The molecule has 2 heterocycles. The summed E-state index contributed by atoms with van der Waals surface area (Å²) in [4.78, 5) is 50.0. The lowest BCUT2D eigenvalue weighted by Crippen LogP contribution is -2.67. The van der Waals surface area contributed by atoms with Gasteiger partial charge in [0, 0.05) is 54.4 Å². The maximum absolute atomic E-state index is 15.7. The van der Waals surface area contributed by atoms with Gasteiger partial charge in [-0.1, -0.05) is 50.7 Å². The van der Waals surface area contributed by atoms with Gasteiger partial charge in [0.15, 0.2) is 11.7 Å². The van der Waals surface area contributed by atoms with Gasteiger partial charge in [0.25, 0.3) is 0 Å². The van der Waals surface area contributed by atoms with Crippen molar-refractivity contribution < 1.29 is 44.7 Å². The minimum atomic E-state index is -1.79.